The van der Waals surface area contributed by atoms with Crippen LogP contribution in [0.1, 0.15) is 31.1 Å². The third-order valence-electron chi connectivity index (χ3n) is 3.57. The molecule has 2 rings (SSSR count). The molecule has 1 saturated carbocycles. The van der Waals surface area contributed by atoms with Crippen LogP contribution in [0.2, 0.25) is 0 Å². The van der Waals surface area contributed by atoms with Crippen LogP contribution in [0.4, 0.5) is 0 Å². The second kappa shape index (κ2) is 5.63. The normalized spacial score (nSPS) is 27.2. The lowest BCUT2D eigenvalue weighted by atomic mass is 9.94. The SMILES string of the molecule is CC1CCC(C(Cc2ccc(Br)s2)NN)C1. The molecular weight excluding hydrogens is 284 g/mol. The highest BCUT2D eigenvalue weighted by atomic mass is 79.9. The molecule has 1 heterocycles. The van der Waals surface area contributed by atoms with Crippen molar-refractivity contribution in [1.29, 1.82) is 0 Å². The molecule has 0 aromatic carbocycles. The van der Waals surface area contributed by atoms with Gasteiger partial charge >= 0.3 is 0 Å². The van der Waals surface area contributed by atoms with Gasteiger partial charge in [0.2, 0.25) is 0 Å². The molecular formula is C12H19BrN2S. The summed E-state index contributed by atoms with van der Waals surface area (Å²) in [4.78, 5) is 1.41. The molecule has 0 bridgehead atoms. The lowest BCUT2D eigenvalue weighted by molar-refractivity contribution is 0.354. The zero-order chi connectivity index (χ0) is 11.5. The van der Waals surface area contributed by atoms with Gasteiger partial charge in [0.1, 0.15) is 0 Å². The van der Waals surface area contributed by atoms with Crippen molar-refractivity contribution < 1.29 is 0 Å². The van der Waals surface area contributed by atoms with Gasteiger partial charge in [0.15, 0.2) is 0 Å². The summed E-state index contributed by atoms with van der Waals surface area (Å²) < 4.78 is 1.21. The number of rotatable bonds is 4. The van der Waals surface area contributed by atoms with Gasteiger partial charge in [-0.25, -0.2) is 0 Å². The second-order valence-electron chi connectivity index (χ2n) is 4.86. The lowest BCUT2D eigenvalue weighted by Gasteiger charge is -2.22. The minimum Gasteiger partial charge on any atom is -0.271 e. The summed E-state index contributed by atoms with van der Waals surface area (Å²) in [6.07, 6.45) is 5.06. The number of halogens is 1. The van der Waals surface area contributed by atoms with Crippen LogP contribution in [0.25, 0.3) is 0 Å². The predicted molar refractivity (Wildman–Crippen MR) is 73.3 cm³/mol. The number of hydrogen-bond acceptors (Lipinski definition) is 3. The van der Waals surface area contributed by atoms with E-state index < -0.39 is 0 Å². The Morgan fingerprint density at radius 3 is 2.88 bits per heavy atom. The van der Waals surface area contributed by atoms with E-state index in [1.54, 1.807) is 0 Å². The molecule has 4 heteroatoms. The maximum absolute atomic E-state index is 5.70. The zero-order valence-corrected chi connectivity index (χ0v) is 12.0. The van der Waals surface area contributed by atoms with Crippen LogP contribution in [0.5, 0.6) is 0 Å². The van der Waals surface area contributed by atoms with Gasteiger partial charge in [0.05, 0.1) is 3.79 Å². The van der Waals surface area contributed by atoms with Crippen molar-refractivity contribution in [1.82, 2.24) is 5.43 Å². The Hall–Kier alpha value is 0.1000. The third kappa shape index (κ3) is 3.06. The van der Waals surface area contributed by atoms with Gasteiger partial charge in [-0.2, -0.15) is 0 Å². The van der Waals surface area contributed by atoms with E-state index in [0.29, 0.717) is 6.04 Å². The van der Waals surface area contributed by atoms with Crippen molar-refractivity contribution in [3.05, 3.63) is 20.8 Å². The number of hydrazine groups is 1. The molecule has 0 aliphatic heterocycles. The Morgan fingerprint density at radius 2 is 2.38 bits per heavy atom. The van der Waals surface area contributed by atoms with E-state index in [0.717, 1.165) is 18.3 Å². The van der Waals surface area contributed by atoms with Crippen molar-refractivity contribution in [3.8, 4) is 0 Å². The topological polar surface area (TPSA) is 38.0 Å². The first-order valence-corrected chi connectivity index (χ1v) is 7.50. The van der Waals surface area contributed by atoms with Gasteiger partial charge in [-0.3, -0.25) is 11.3 Å². The van der Waals surface area contributed by atoms with Gasteiger partial charge in [0, 0.05) is 10.9 Å². The Balaban J connectivity index is 1.95. The fourth-order valence-corrected chi connectivity index (χ4v) is 4.20. The quantitative estimate of drug-likeness (QED) is 0.661. The van der Waals surface area contributed by atoms with E-state index in [1.807, 2.05) is 11.3 Å². The Kier molecular flexibility index (Phi) is 4.41. The smallest absolute Gasteiger partial charge is 0.0701 e. The fourth-order valence-electron chi connectivity index (χ4n) is 2.66. The van der Waals surface area contributed by atoms with Gasteiger partial charge in [-0.15, -0.1) is 11.3 Å². The number of nitrogens with two attached hydrogens (primary N) is 1. The van der Waals surface area contributed by atoms with Gasteiger partial charge in [0.25, 0.3) is 0 Å². The second-order valence-corrected chi connectivity index (χ2v) is 7.41. The van der Waals surface area contributed by atoms with E-state index in [4.69, 9.17) is 5.84 Å². The van der Waals surface area contributed by atoms with Gasteiger partial charge in [-0.1, -0.05) is 13.3 Å². The molecule has 0 spiro atoms. The van der Waals surface area contributed by atoms with Crippen molar-refractivity contribution in [2.24, 2.45) is 17.7 Å². The highest BCUT2D eigenvalue weighted by Crippen LogP contribution is 2.34. The molecule has 1 aromatic rings. The summed E-state index contributed by atoms with van der Waals surface area (Å²) in [6.45, 7) is 2.34. The Labute approximate surface area is 110 Å². The van der Waals surface area contributed by atoms with Gasteiger partial charge in [-0.05, 0) is 59.2 Å². The van der Waals surface area contributed by atoms with Crippen molar-refractivity contribution in [3.63, 3.8) is 0 Å². The summed E-state index contributed by atoms with van der Waals surface area (Å²) in [5.74, 6) is 7.32. The minimum atomic E-state index is 0.440. The molecule has 0 amide bonds. The summed E-state index contributed by atoms with van der Waals surface area (Å²) in [5.41, 5.74) is 3.01. The molecule has 90 valence electrons. The van der Waals surface area contributed by atoms with Crippen molar-refractivity contribution >= 4 is 27.3 Å². The first-order chi connectivity index (χ1) is 7.69. The number of hydrogen-bond donors (Lipinski definition) is 2. The molecule has 3 unspecified atom stereocenters. The number of thiophene rings is 1. The zero-order valence-electron chi connectivity index (χ0n) is 9.58. The summed E-state index contributed by atoms with van der Waals surface area (Å²) >= 11 is 5.32. The van der Waals surface area contributed by atoms with Gasteiger partial charge < -0.3 is 0 Å². The molecule has 1 aliphatic carbocycles. The fraction of sp³-hybridized carbons (Fsp3) is 0.667. The molecule has 3 atom stereocenters. The largest absolute Gasteiger partial charge is 0.271 e. The molecule has 1 aliphatic rings. The van der Waals surface area contributed by atoms with E-state index in [-0.39, 0.29) is 0 Å². The minimum absolute atomic E-state index is 0.440. The monoisotopic (exact) mass is 302 g/mol. The Bertz CT molecular complexity index is 340. The maximum atomic E-state index is 5.70. The van der Waals surface area contributed by atoms with Crippen LogP contribution in [-0.2, 0) is 6.42 Å². The number of nitrogens with one attached hydrogen (secondary N) is 1. The average Bonchev–Trinajstić information content (AvgIpc) is 2.84. The third-order valence-corrected chi connectivity index (χ3v) is 5.21. The molecule has 1 fully saturated rings. The van der Waals surface area contributed by atoms with E-state index in [9.17, 15) is 0 Å². The van der Waals surface area contributed by atoms with Crippen LogP contribution in [0, 0.1) is 11.8 Å². The van der Waals surface area contributed by atoms with Crippen LogP contribution in [-0.4, -0.2) is 6.04 Å². The Morgan fingerprint density at radius 1 is 1.56 bits per heavy atom. The van der Waals surface area contributed by atoms with E-state index in [2.05, 4.69) is 40.4 Å². The highest BCUT2D eigenvalue weighted by Gasteiger charge is 2.28. The molecule has 0 saturated heterocycles. The first-order valence-electron chi connectivity index (χ1n) is 5.89. The van der Waals surface area contributed by atoms with E-state index >= 15 is 0 Å². The first kappa shape index (κ1) is 12.6. The van der Waals surface area contributed by atoms with E-state index in [1.165, 1.54) is 27.9 Å². The standard InChI is InChI=1S/C12H19BrN2S/c1-8-2-3-9(6-8)11(15-14)7-10-4-5-12(13)16-10/h4-5,8-9,11,15H,2-3,6-7,14H2,1H3. The average molecular weight is 303 g/mol. The van der Waals surface area contributed by atoms with Crippen LogP contribution < -0.4 is 11.3 Å². The summed E-state index contributed by atoms with van der Waals surface area (Å²) in [6, 6.07) is 4.75. The van der Waals surface area contributed by atoms with Crippen molar-refractivity contribution in [2.75, 3.05) is 0 Å². The molecule has 3 N–H and O–H groups in total. The predicted octanol–water partition coefficient (Wildman–Crippen LogP) is 3.32. The van der Waals surface area contributed by atoms with Crippen molar-refractivity contribution in [2.45, 2.75) is 38.6 Å². The van der Waals surface area contributed by atoms with Crippen LogP contribution in [0.3, 0.4) is 0 Å². The summed E-state index contributed by atoms with van der Waals surface area (Å²) in [5, 5.41) is 0. The molecule has 1 aromatic heterocycles. The molecule has 16 heavy (non-hydrogen) atoms. The highest BCUT2D eigenvalue weighted by molar-refractivity contribution is 9.11. The molecule has 2 nitrogen and oxygen atoms in total. The molecule has 0 radical (unpaired) electrons. The maximum Gasteiger partial charge on any atom is 0.0701 e. The van der Waals surface area contributed by atoms with Crippen LogP contribution in [0.15, 0.2) is 15.9 Å². The summed E-state index contributed by atoms with van der Waals surface area (Å²) in [7, 11) is 0. The lowest BCUT2D eigenvalue weighted by Crippen LogP contribution is -2.41. The van der Waals surface area contributed by atoms with Crippen LogP contribution >= 0.6 is 27.3 Å².